The molecule has 0 aliphatic rings. The summed E-state index contributed by atoms with van der Waals surface area (Å²) < 4.78 is 7.98. The molecule has 0 N–H and O–H groups in total. The van der Waals surface area contributed by atoms with Crippen LogP contribution in [0, 0.1) is 0 Å². The van der Waals surface area contributed by atoms with Gasteiger partial charge < -0.3 is 4.74 Å². The minimum atomic E-state index is 0.599. The van der Waals surface area contributed by atoms with E-state index >= 15 is 0 Å². The summed E-state index contributed by atoms with van der Waals surface area (Å²) in [7, 11) is 0. The fourth-order valence-corrected chi connectivity index (χ4v) is 3.93. The van der Waals surface area contributed by atoms with Crippen molar-refractivity contribution < 1.29 is 4.74 Å². The zero-order valence-electron chi connectivity index (χ0n) is 8.75. The summed E-state index contributed by atoms with van der Waals surface area (Å²) in [5.74, 6) is 0.892. The van der Waals surface area contributed by atoms with Crippen LogP contribution >= 0.6 is 59.1 Å². The van der Waals surface area contributed by atoms with Crippen molar-refractivity contribution in [3.05, 3.63) is 49.0 Å². The van der Waals surface area contributed by atoms with E-state index in [0.29, 0.717) is 6.61 Å². The Morgan fingerprint density at radius 1 is 1.12 bits per heavy atom. The van der Waals surface area contributed by atoms with Gasteiger partial charge in [0.1, 0.15) is 12.4 Å². The number of halogens is 3. The summed E-state index contributed by atoms with van der Waals surface area (Å²) in [6.45, 7) is 0.599. The molecule has 0 saturated heterocycles. The molecule has 0 radical (unpaired) electrons. The highest BCUT2D eigenvalue weighted by Crippen LogP contribution is 2.27. The molecule has 0 aliphatic carbocycles. The summed E-state index contributed by atoms with van der Waals surface area (Å²) in [5.41, 5.74) is 1.19. The summed E-state index contributed by atoms with van der Waals surface area (Å²) in [6, 6.07) is 8.06. The minimum absolute atomic E-state index is 0.599. The number of ether oxygens (including phenoxy) is 1. The average Bonchev–Trinajstić information content (AvgIpc) is 2.74. The summed E-state index contributed by atoms with van der Waals surface area (Å²) in [4.78, 5) is 1.20. The Morgan fingerprint density at radius 3 is 2.59 bits per heavy atom. The standard InChI is InChI=1S/C12H9Br3OS/c13-6-8-5-9(1-2-10(8)14)16-7-12-11(15)3-4-17-12/h1-5H,6-7H2. The van der Waals surface area contributed by atoms with E-state index < -0.39 is 0 Å². The lowest BCUT2D eigenvalue weighted by Crippen LogP contribution is -1.94. The molecule has 0 unspecified atom stereocenters. The van der Waals surface area contributed by atoms with Gasteiger partial charge in [-0.05, 0) is 51.1 Å². The van der Waals surface area contributed by atoms with Crippen molar-refractivity contribution in [3.63, 3.8) is 0 Å². The van der Waals surface area contributed by atoms with Crippen molar-refractivity contribution in [2.45, 2.75) is 11.9 Å². The van der Waals surface area contributed by atoms with Crippen LogP contribution in [0.5, 0.6) is 5.75 Å². The highest BCUT2D eigenvalue weighted by Gasteiger charge is 2.04. The Kier molecular flexibility index (Phi) is 5.09. The molecule has 0 bridgehead atoms. The predicted molar refractivity (Wildman–Crippen MR) is 83.1 cm³/mol. The van der Waals surface area contributed by atoms with Crippen molar-refractivity contribution in [3.8, 4) is 5.75 Å². The molecule has 0 atom stereocenters. The maximum Gasteiger partial charge on any atom is 0.124 e. The third kappa shape index (κ3) is 3.56. The maximum atomic E-state index is 5.77. The monoisotopic (exact) mass is 438 g/mol. The molecule has 1 heterocycles. The van der Waals surface area contributed by atoms with Crippen molar-refractivity contribution in [2.75, 3.05) is 0 Å². The summed E-state index contributed by atoms with van der Waals surface area (Å²) >= 11 is 12.1. The fraction of sp³-hybridized carbons (Fsp3) is 0.167. The second kappa shape index (κ2) is 6.36. The van der Waals surface area contributed by atoms with E-state index in [4.69, 9.17) is 4.74 Å². The largest absolute Gasteiger partial charge is 0.488 e. The van der Waals surface area contributed by atoms with Crippen molar-refractivity contribution in [2.24, 2.45) is 0 Å². The number of hydrogen-bond acceptors (Lipinski definition) is 2. The molecule has 1 aromatic heterocycles. The van der Waals surface area contributed by atoms with E-state index in [1.807, 2.05) is 29.6 Å². The van der Waals surface area contributed by atoms with Gasteiger partial charge in [0.05, 0.1) is 4.88 Å². The smallest absolute Gasteiger partial charge is 0.124 e. The van der Waals surface area contributed by atoms with Gasteiger partial charge in [-0.25, -0.2) is 0 Å². The van der Waals surface area contributed by atoms with Gasteiger partial charge in [0, 0.05) is 14.3 Å². The molecule has 17 heavy (non-hydrogen) atoms. The first kappa shape index (κ1) is 13.6. The third-order valence-electron chi connectivity index (χ3n) is 2.22. The number of rotatable bonds is 4. The van der Waals surface area contributed by atoms with E-state index in [2.05, 4.69) is 47.8 Å². The molecule has 0 fully saturated rings. The second-order valence-corrected chi connectivity index (χ2v) is 6.64. The van der Waals surface area contributed by atoms with Crippen LogP contribution in [-0.2, 0) is 11.9 Å². The highest BCUT2D eigenvalue weighted by molar-refractivity contribution is 9.11. The minimum Gasteiger partial charge on any atom is -0.488 e. The lowest BCUT2D eigenvalue weighted by atomic mass is 10.2. The van der Waals surface area contributed by atoms with Crippen LogP contribution < -0.4 is 4.74 Å². The van der Waals surface area contributed by atoms with Crippen LogP contribution in [0.15, 0.2) is 38.6 Å². The molecule has 0 spiro atoms. The van der Waals surface area contributed by atoms with Crippen LogP contribution in [0.4, 0.5) is 0 Å². The van der Waals surface area contributed by atoms with Gasteiger partial charge in [0.2, 0.25) is 0 Å². The highest BCUT2D eigenvalue weighted by atomic mass is 79.9. The van der Waals surface area contributed by atoms with Gasteiger partial charge in [-0.3, -0.25) is 0 Å². The Morgan fingerprint density at radius 2 is 1.94 bits per heavy atom. The van der Waals surface area contributed by atoms with Gasteiger partial charge in [0.25, 0.3) is 0 Å². The average molecular weight is 441 g/mol. The molecule has 1 nitrogen and oxygen atoms in total. The zero-order chi connectivity index (χ0) is 12.3. The number of alkyl halides is 1. The fourth-order valence-electron chi connectivity index (χ4n) is 1.32. The third-order valence-corrected chi connectivity index (χ3v) is 5.50. The zero-order valence-corrected chi connectivity index (χ0v) is 14.3. The Labute approximate surface area is 130 Å². The Bertz CT molecular complexity index is 510. The topological polar surface area (TPSA) is 9.23 Å². The summed E-state index contributed by atoms with van der Waals surface area (Å²) in [6.07, 6.45) is 0. The molecule has 2 rings (SSSR count). The molecule has 2 aromatic rings. The lowest BCUT2D eigenvalue weighted by Gasteiger charge is -2.08. The molecule has 1 aromatic carbocycles. The van der Waals surface area contributed by atoms with E-state index in [0.717, 1.165) is 20.0 Å². The van der Waals surface area contributed by atoms with Crippen LogP contribution in [0.2, 0.25) is 0 Å². The first-order valence-corrected chi connectivity index (χ1v) is 8.48. The number of benzene rings is 1. The first-order chi connectivity index (χ1) is 8.20. The summed E-state index contributed by atoms with van der Waals surface area (Å²) in [5, 5.41) is 2.86. The van der Waals surface area contributed by atoms with Gasteiger partial charge in [0.15, 0.2) is 0 Å². The van der Waals surface area contributed by atoms with Crippen molar-refractivity contribution >= 4 is 59.1 Å². The predicted octanol–water partition coefficient (Wildman–Crippen LogP) is 5.75. The van der Waals surface area contributed by atoms with E-state index in [1.54, 1.807) is 11.3 Å². The Balaban J connectivity index is 2.07. The van der Waals surface area contributed by atoms with E-state index in [-0.39, 0.29) is 0 Å². The van der Waals surface area contributed by atoms with Crippen LogP contribution in [0.3, 0.4) is 0 Å². The maximum absolute atomic E-state index is 5.77. The SMILES string of the molecule is BrCc1cc(OCc2sccc2Br)ccc1Br. The van der Waals surface area contributed by atoms with Gasteiger partial charge in [-0.15, -0.1) is 11.3 Å². The molecule has 0 saturated carbocycles. The quantitative estimate of drug-likeness (QED) is 0.550. The molecule has 90 valence electrons. The van der Waals surface area contributed by atoms with Crippen LogP contribution in [0.1, 0.15) is 10.4 Å². The van der Waals surface area contributed by atoms with Crippen molar-refractivity contribution in [1.82, 2.24) is 0 Å². The molecule has 0 amide bonds. The molecular formula is C12H9Br3OS. The normalized spacial score (nSPS) is 10.5. The molecule has 0 aliphatic heterocycles. The van der Waals surface area contributed by atoms with Crippen LogP contribution in [0.25, 0.3) is 0 Å². The van der Waals surface area contributed by atoms with E-state index in [9.17, 15) is 0 Å². The van der Waals surface area contributed by atoms with Crippen molar-refractivity contribution in [1.29, 1.82) is 0 Å². The van der Waals surface area contributed by atoms with E-state index in [1.165, 1.54) is 10.4 Å². The molecule has 5 heteroatoms. The number of thiophene rings is 1. The first-order valence-electron chi connectivity index (χ1n) is 4.90. The van der Waals surface area contributed by atoms with Gasteiger partial charge in [-0.2, -0.15) is 0 Å². The second-order valence-electron chi connectivity index (χ2n) is 3.37. The van der Waals surface area contributed by atoms with Gasteiger partial charge in [-0.1, -0.05) is 31.9 Å². The Hall–Kier alpha value is 0.160. The van der Waals surface area contributed by atoms with Gasteiger partial charge >= 0.3 is 0 Å². The number of hydrogen-bond donors (Lipinski definition) is 0. The van der Waals surface area contributed by atoms with Crippen LogP contribution in [-0.4, -0.2) is 0 Å². The molecular weight excluding hydrogens is 432 g/mol. The lowest BCUT2D eigenvalue weighted by molar-refractivity contribution is 0.309.